The number of nitrogens with one attached hydrogen (secondary N) is 2. The third-order valence-corrected chi connectivity index (χ3v) is 4.68. The van der Waals surface area contributed by atoms with Gasteiger partial charge in [0.1, 0.15) is 6.17 Å². The van der Waals surface area contributed by atoms with Crippen molar-refractivity contribution in [2.75, 3.05) is 19.5 Å². The fourth-order valence-corrected chi connectivity index (χ4v) is 2.94. The minimum absolute atomic E-state index is 0.288. The standard InChI is InChI=1S/C17H15Cl5N2O3/c1-26-13-6-3-9(7-14(13)27-2)15(25)24-16(17(20,21)22)23-12-5-4-10(18)8-11(12)19/h3-8,16,23H,1-2H3,(H,24,25). The molecule has 5 nitrogen and oxygen atoms in total. The van der Waals surface area contributed by atoms with Gasteiger partial charge in [-0.05, 0) is 36.4 Å². The van der Waals surface area contributed by atoms with Crippen LogP contribution in [0.2, 0.25) is 10.0 Å². The number of methoxy groups -OCH3 is 2. The van der Waals surface area contributed by atoms with E-state index < -0.39 is 15.9 Å². The molecule has 146 valence electrons. The number of hydrogen-bond donors (Lipinski definition) is 2. The molecular weight excluding hydrogens is 457 g/mol. The summed E-state index contributed by atoms with van der Waals surface area (Å²) in [5.74, 6) is 0.382. The van der Waals surface area contributed by atoms with Gasteiger partial charge in [0.25, 0.3) is 5.91 Å². The first-order valence-electron chi connectivity index (χ1n) is 7.47. The van der Waals surface area contributed by atoms with E-state index in [-0.39, 0.29) is 5.56 Å². The number of hydrogen-bond acceptors (Lipinski definition) is 4. The van der Waals surface area contributed by atoms with Gasteiger partial charge in [0.2, 0.25) is 3.79 Å². The SMILES string of the molecule is COc1ccc(C(=O)NC(Nc2ccc(Cl)cc2Cl)C(Cl)(Cl)Cl)cc1OC. The smallest absolute Gasteiger partial charge is 0.253 e. The summed E-state index contributed by atoms with van der Waals surface area (Å²) in [6.45, 7) is 0. The van der Waals surface area contributed by atoms with Gasteiger partial charge in [-0.1, -0.05) is 58.0 Å². The maximum Gasteiger partial charge on any atom is 0.253 e. The molecule has 0 bridgehead atoms. The molecular formula is C17H15Cl5N2O3. The Morgan fingerprint density at radius 3 is 2.22 bits per heavy atom. The van der Waals surface area contributed by atoms with Crippen molar-refractivity contribution in [1.29, 1.82) is 0 Å². The molecule has 0 saturated heterocycles. The van der Waals surface area contributed by atoms with Crippen LogP contribution in [0.1, 0.15) is 10.4 Å². The molecule has 0 aliphatic heterocycles. The maximum absolute atomic E-state index is 12.6. The van der Waals surface area contributed by atoms with Gasteiger partial charge in [0.05, 0.1) is 24.9 Å². The van der Waals surface area contributed by atoms with E-state index in [1.165, 1.54) is 26.4 Å². The van der Waals surface area contributed by atoms with Gasteiger partial charge in [-0.3, -0.25) is 4.79 Å². The molecule has 0 aliphatic rings. The van der Waals surface area contributed by atoms with Crippen molar-refractivity contribution in [3.63, 3.8) is 0 Å². The number of rotatable bonds is 6. The Hall–Kier alpha value is -1.24. The predicted molar refractivity (Wildman–Crippen MR) is 111 cm³/mol. The summed E-state index contributed by atoms with van der Waals surface area (Å²) in [7, 11) is 2.96. The first-order chi connectivity index (χ1) is 12.7. The molecule has 1 atom stereocenters. The number of benzene rings is 2. The Balaban J connectivity index is 2.24. The van der Waals surface area contributed by atoms with Gasteiger partial charge in [0, 0.05) is 10.6 Å². The van der Waals surface area contributed by atoms with Crippen LogP contribution >= 0.6 is 58.0 Å². The van der Waals surface area contributed by atoms with Crippen LogP contribution in [0.25, 0.3) is 0 Å². The number of amides is 1. The minimum Gasteiger partial charge on any atom is -0.493 e. The number of carbonyl (C=O) groups excluding carboxylic acids is 1. The minimum atomic E-state index is -1.87. The average molecular weight is 473 g/mol. The molecule has 0 aromatic heterocycles. The van der Waals surface area contributed by atoms with Crippen LogP contribution in [0.15, 0.2) is 36.4 Å². The molecule has 2 rings (SSSR count). The number of anilines is 1. The Morgan fingerprint density at radius 2 is 1.67 bits per heavy atom. The molecule has 0 aliphatic carbocycles. The molecule has 0 fully saturated rings. The number of halogens is 5. The Morgan fingerprint density at radius 1 is 1.00 bits per heavy atom. The van der Waals surface area contributed by atoms with E-state index >= 15 is 0 Å². The quantitative estimate of drug-likeness (QED) is 0.428. The van der Waals surface area contributed by atoms with Gasteiger partial charge in [-0.15, -0.1) is 0 Å². The molecule has 10 heteroatoms. The molecule has 0 spiro atoms. The van der Waals surface area contributed by atoms with E-state index in [0.717, 1.165) is 0 Å². The van der Waals surface area contributed by atoms with Gasteiger partial charge in [-0.2, -0.15) is 0 Å². The summed E-state index contributed by atoms with van der Waals surface area (Å²) in [4.78, 5) is 12.6. The van der Waals surface area contributed by atoms with Crippen molar-refractivity contribution < 1.29 is 14.3 Å². The van der Waals surface area contributed by atoms with Gasteiger partial charge in [-0.25, -0.2) is 0 Å². The number of alkyl halides is 3. The summed E-state index contributed by atoms with van der Waals surface area (Å²) in [6.07, 6.45) is -1.08. The monoisotopic (exact) mass is 470 g/mol. The highest BCUT2D eigenvalue weighted by Gasteiger charge is 2.34. The molecule has 0 radical (unpaired) electrons. The van der Waals surface area contributed by atoms with Crippen LogP contribution in [-0.4, -0.2) is 30.1 Å². The summed E-state index contributed by atoms with van der Waals surface area (Å²) in [5, 5.41) is 6.27. The molecule has 1 unspecified atom stereocenters. The second-order valence-electron chi connectivity index (χ2n) is 5.29. The van der Waals surface area contributed by atoms with E-state index in [4.69, 9.17) is 67.5 Å². The molecule has 0 heterocycles. The molecule has 0 saturated carbocycles. The molecule has 27 heavy (non-hydrogen) atoms. The van der Waals surface area contributed by atoms with E-state index in [0.29, 0.717) is 27.2 Å². The second kappa shape index (κ2) is 9.30. The van der Waals surface area contributed by atoms with E-state index in [9.17, 15) is 4.79 Å². The van der Waals surface area contributed by atoms with Crippen molar-refractivity contribution in [2.45, 2.75) is 9.96 Å². The fraction of sp³-hybridized carbons (Fsp3) is 0.235. The molecule has 2 aromatic rings. The first kappa shape index (κ1) is 22.1. The van der Waals surface area contributed by atoms with Crippen molar-refractivity contribution >= 4 is 69.6 Å². The zero-order valence-electron chi connectivity index (χ0n) is 14.2. The average Bonchev–Trinajstić information content (AvgIpc) is 2.61. The summed E-state index contributed by atoms with van der Waals surface area (Å²) >= 11 is 30.0. The maximum atomic E-state index is 12.6. The fourth-order valence-electron chi connectivity index (χ4n) is 2.15. The summed E-state index contributed by atoms with van der Waals surface area (Å²) < 4.78 is 8.48. The normalized spacial score (nSPS) is 12.3. The molecule has 1 amide bonds. The van der Waals surface area contributed by atoms with E-state index in [1.54, 1.807) is 24.3 Å². The number of ether oxygens (including phenoxy) is 2. The Labute approximate surface area is 181 Å². The topological polar surface area (TPSA) is 59.6 Å². The van der Waals surface area contributed by atoms with Gasteiger partial charge >= 0.3 is 0 Å². The summed E-state index contributed by atoms with van der Waals surface area (Å²) in [5.41, 5.74) is 0.723. The van der Waals surface area contributed by atoms with Crippen molar-refractivity contribution in [1.82, 2.24) is 5.32 Å². The lowest BCUT2D eigenvalue weighted by Gasteiger charge is -2.28. The Kier molecular flexibility index (Phi) is 7.60. The highest BCUT2D eigenvalue weighted by atomic mass is 35.6. The van der Waals surface area contributed by atoms with Crippen molar-refractivity contribution in [2.24, 2.45) is 0 Å². The lowest BCUT2D eigenvalue weighted by atomic mass is 10.2. The summed E-state index contributed by atoms with van der Waals surface area (Å²) in [6, 6.07) is 9.41. The lowest BCUT2D eigenvalue weighted by molar-refractivity contribution is 0.0941. The number of carbonyl (C=O) groups is 1. The molecule has 2 N–H and O–H groups in total. The third-order valence-electron chi connectivity index (χ3n) is 3.48. The zero-order valence-corrected chi connectivity index (χ0v) is 17.9. The van der Waals surface area contributed by atoms with Crippen molar-refractivity contribution in [3.05, 3.63) is 52.0 Å². The van der Waals surface area contributed by atoms with Crippen LogP contribution in [0.5, 0.6) is 11.5 Å². The third kappa shape index (κ3) is 5.87. The van der Waals surface area contributed by atoms with Crippen LogP contribution in [0.3, 0.4) is 0 Å². The van der Waals surface area contributed by atoms with Gasteiger partial charge in [0.15, 0.2) is 11.5 Å². The highest BCUT2D eigenvalue weighted by Crippen LogP contribution is 2.34. The van der Waals surface area contributed by atoms with E-state index in [2.05, 4.69) is 10.6 Å². The predicted octanol–water partition coefficient (Wildman–Crippen LogP) is 5.55. The highest BCUT2D eigenvalue weighted by molar-refractivity contribution is 6.68. The second-order valence-corrected chi connectivity index (χ2v) is 8.50. The van der Waals surface area contributed by atoms with E-state index in [1.807, 2.05) is 0 Å². The molecule has 2 aromatic carbocycles. The zero-order chi connectivity index (χ0) is 20.2. The lowest BCUT2D eigenvalue weighted by Crippen LogP contribution is -2.49. The van der Waals surface area contributed by atoms with Crippen LogP contribution < -0.4 is 20.1 Å². The Bertz CT molecular complexity index is 827. The largest absolute Gasteiger partial charge is 0.493 e. The van der Waals surface area contributed by atoms with Crippen molar-refractivity contribution in [3.8, 4) is 11.5 Å². The first-order valence-corrected chi connectivity index (χ1v) is 9.36. The van der Waals surface area contributed by atoms with Crippen LogP contribution in [0.4, 0.5) is 5.69 Å². The van der Waals surface area contributed by atoms with Gasteiger partial charge < -0.3 is 20.1 Å². The van der Waals surface area contributed by atoms with Crippen LogP contribution in [-0.2, 0) is 0 Å². The van der Waals surface area contributed by atoms with Crippen LogP contribution in [0, 0.1) is 0 Å².